The number of aliphatic hydroxyl groups is 1. The van der Waals surface area contributed by atoms with Crippen molar-refractivity contribution < 1.29 is 33.8 Å². The number of carbonyl (C=O) groups excluding carboxylic acids is 4. The molecular weight excluding hydrogens is 614 g/mol. The minimum atomic E-state index is -0.892. The number of unbranched alkanes of at least 4 members (excludes halogenated alkanes) is 2. The van der Waals surface area contributed by atoms with E-state index >= 15 is 0 Å². The van der Waals surface area contributed by atoms with Crippen LogP contribution in [0.4, 0.5) is 17.1 Å². The van der Waals surface area contributed by atoms with Crippen LogP contribution in [-0.4, -0.2) is 61.7 Å². The third-order valence-corrected chi connectivity index (χ3v) is 7.94. The Bertz CT molecular complexity index is 1660. The lowest BCUT2D eigenvalue weighted by Gasteiger charge is -2.20. The largest absolute Gasteiger partial charge is 0.493 e. The van der Waals surface area contributed by atoms with Gasteiger partial charge in [-0.25, -0.2) is 0 Å². The van der Waals surface area contributed by atoms with Crippen LogP contribution in [0.15, 0.2) is 59.6 Å². The number of methoxy groups -OCH3 is 1. The first-order chi connectivity index (χ1) is 23.2. The fraction of sp³-hybridized carbons (Fsp3) is 0.361. The van der Waals surface area contributed by atoms with E-state index in [1.807, 2.05) is 31.2 Å². The Morgan fingerprint density at radius 1 is 1.02 bits per heavy atom. The van der Waals surface area contributed by atoms with Crippen LogP contribution < -0.4 is 30.3 Å². The summed E-state index contributed by atoms with van der Waals surface area (Å²) >= 11 is 0. The smallest absolute Gasteiger partial charge is 0.260 e. The van der Waals surface area contributed by atoms with E-state index in [0.717, 1.165) is 36.9 Å². The summed E-state index contributed by atoms with van der Waals surface area (Å²) in [4.78, 5) is 56.5. The number of carbonyl (C=O) groups is 4. The second-order valence-electron chi connectivity index (χ2n) is 11.5. The van der Waals surface area contributed by atoms with Gasteiger partial charge in [-0.15, -0.1) is 0 Å². The Morgan fingerprint density at radius 3 is 2.52 bits per heavy atom. The molecule has 3 aromatic rings. The van der Waals surface area contributed by atoms with Crippen molar-refractivity contribution in [3.8, 4) is 11.5 Å². The summed E-state index contributed by atoms with van der Waals surface area (Å²) in [5.41, 5.74) is 4.18. The first-order valence-electron chi connectivity index (χ1n) is 16.0. The van der Waals surface area contributed by atoms with E-state index in [1.165, 1.54) is 14.0 Å². The van der Waals surface area contributed by atoms with Gasteiger partial charge in [-0.3, -0.25) is 24.2 Å². The average molecular weight is 658 g/mol. The number of benzene rings is 3. The molecule has 1 atom stereocenters. The predicted octanol–water partition coefficient (Wildman–Crippen LogP) is 4.44. The van der Waals surface area contributed by atoms with Crippen LogP contribution in [0.3, 0.4) is 0 Å². The van der Waals surface area contributed by atoms with Crippen molar-refractivity contribution in [3.05, 3.63) is 76.9 Å². The van der Waals surface area contributed by atoms with Gasteiger partial charge in [0.15, 0.2) is 11.5 Å². The van der Waals surface area contributed by atoms with Crippen LogP contribution in [0.25, 0.3) is 0 Å². The van der Waals surface area contributed by atoms with Crippen LogP contribution in [0.2, 0.25) is 0 Å². The number of hydrogen-bond acceptors (Lipinski definition) is 8. The molecule has 1 aliphatic rings. The zero-order chi connectivity index (χ0) is 34.6. The van der Waals surface area contributed by atoms with Gasteiger partial charge in [0.1, 0.15) is 12.6 Å². The maximum Gasteiger partial charge on any atom is 0.260 e. The molecule has 254 valence electrons. The average Bonchev–Trinajstić information content (AvgIpc) is 3.53. The third kappa shape index (κ3) is 9.19. The van der Waals surface area contributed by atoms with Crippen molar-refractivity contribution in [1.82, 2.24) is 10.6 Å². The molecule has 4 rings (SSSR count). The van der Waals surface area contributed by atoms with Crippen LogP contribution >= 0.6 is 0 Å². The van der Waals surface area contributed by atoms with Gasteiger partial charge in [0.2, 0.25) is 17.7 Å². The van der Waals surface area contributed by atoms with Crippen molar-refractivity contribution in [1.29, 1.82) is 0 Å². The Hall–Kier alpha value is -5.23. The van der Waals surface area contributed by atoms with E-state index in [-0.39, 0.29) is 31.6 Å². The summed E-state index contributed by atoms with van der Waals surface area (Å²) in [7, 11) is 1.48. The normalized spacial score (nSPS) is 12.5. The Labute approximate surface area is 280 Å². The summed E-state index contributed by atoms with van der Waals surface area (Å²) in [5.74, 6) is -0.748. The highest BCUT2D eigenvalue weighted by Gasteiger charge is 2.28. The second kappa shape index (κ2) is 17.1. The molecule has 4 N–H and O–H groups in total. The Morgan fingerprint density at radius 2 is 1.79 bits per heavy atom. The molecule has 4 amide bonds. The number of rotatable bonds is 16. The summed E-state index contributed by atoms with van der Waals surface area (Å²) in [6.45, 7) is 7.30. The van der Waals surface area contributed by atoms with E-state index in [2.05, 4.69) is 27.7 Å². The molecule has 1 aliphatic heterocycles. The molecule has 0 aromatic heterocycles. The van der Waals surface area contributed by atoms with Gasteiger partial charge in [-0.1, -0.05) is 38.0 Å². The molecule has 0 aliphatic carbocycles. The number of anilines is 2. The van der Waals surface area contributed by atoms with Gasteiger partial charge < -0.3 is 35.4 Å². The molecule has 0 radical (unpaired) electrons. The van der Waals surface area contributed by atoms with E-state index in [9.17, 15) is 24.3 Å². The second-order valence-corrected chi connectivity index (χ2v) is 11.5. The molecule has 3 aromatic carbocycles. The van der Waals surface area contributed by atoms with Crippen molar-refractivity contribution in [3.63, 3.8) is 0 Å². The lowest BCUT2D eigenvalue weighted by Crippen LogP contribution is -2.45. The standard InChI is InChI=1S/C36H43N5O7/c1-5-6-7-12-33(43)38-20-34(44)39-23(2)35(45)40-27-16-24(21-42)15-25(17-27)22-48-32-19-29(37-3)28(18-31(32)47-4)36(46)41-14-13-26-10-8-9-11-30(26)41/h8-11,15-19,23,42H,3,5-7,12-14,20-22H2,1-2,4H3,(H,38,43)(H,39,44)(H,40,45). The number of aliphatic hydroxyl groups excluding tert-OH is 1. The topological polar surface area (TPSA) is 159 Å². The van der Waals surface area contributed by atoms with Gasteiger partial charge in [0.05, 0.1) is 31.5 Å². The molecule has 0 fully saturated rings. The van der Waals surface area contributed by atoms with Crippen molar-refractivity contribution in [2.75, 3.05) is 30.4 Å². The molecule has 12 nitrogen and oxygen atoms in total. The van der Waals surface area contributed by atoms with E-state index < -0.39 is 17.9 Å². The summed E-state index contributed by atoms with van der Waals surface area (Å²) in [5, 5.41) is 17.8. The number of ether oxygens (including phenoxy) is 2. The SMILES string of the molecule is C=Nc1cc(OCc2cc(CO)cc(NC(=O)C(C)NC(=O)CNC(=O)CCCCC)c2)c(OC)cc1C(=O)N1CCc2ccccc21. The molecular formula is C36H43N5O7. The number of amides is 4. The monoisotopic (exact) mass is 657 g/mol. The Balaban J connectivity index is 1.41. The minimum absolute atomic E-state index is 0.0285. The first kappa shape index (κ1) is 35.6. The lowest BCUT2D eigenvalue weighted by atomic mass is 10.1. The first-order valence-corrected chi connectivity index (χ1v) is 16.0. The van der Waals surface area contributed by atoms with E-state index in [0.29, 0.717) is 52.5 Å². The number of hydrogen-bond donors (Lipinski definition) is 4. The lowest BCUT2D eigenvalue weighted by molar-refractivity contribution is -0.128. The minimum Gasteiger partial charge on any atom is -0.493 e. The predicted molar refractivity (Wildman–Crippen MR) is 184 cm³/mol. The highest BCUT2D eigenvalue weighted by molar-refractivity contribution is 6.11. The summed E-state index contributed by atoms with van der Waals surface area (Å²) < 4.78 is 11.7. The highest BCUT2D eigenvalue weighted by Crippen LogP contribution is 2.38. The molecule has 1 heterocycles. The quantitative estimate of drug-likeness (QED) is 0.131. The maximum absolute atomic E-state index is 13.6. The molecule has 12 heteroatoms. The number of fused-ring (bicyclic) bond motifs is 1. The van der Waals surface area contributed by atoms with Crippen molar-refractivity contribution in [2.45, 2.75) is 65.2 Å². The fourth-order valence-corrected chi connectivity index (χ4v) is 5.40. The molecule has 0 bridgehead atoms. The van der Waals surface area contributed by atoms with Crippen LogP contribution in [0.1, 0.15) is 66.6 Å². The number of nitrogens with zero attached hydrogens (tertiary/aromatic N) is 2. The zero-order valence-electron chi connectivity index (χ0n) is 27.6. The van der Waals surface area contributed by atoms with Crippen LogP contribution in [0.5, 0.6) is 11.5 Å². The Kier molecular flexibility index (Phi) is 12.7. The van der Waals surface area contributed by atoms with Crippen LogP contribution in [0, 0.1) is 0 Å². The zero-order valence-corrected chi connectivity index (χ0v) is 27.6. The van der Waals surface area contributed by atoms with Crippen LogP contribution in [-0.2, 0) is 34.0 Å². The molecule has 0 saturated carbocycles. The van der Waals surface area contributed by atoms with Crippen molar-refractivity contribution >= 4 is 47.4 Å². The summed E-state index contributed by atoms with van der Waals surface area (Å²) in [6, 6.07) is 15.1. The van der Waals surface area contributed by atoms with Crippen molar-refractivity contribution in [2.24, 2.45) is 4.99 Å². The molecule has 1 unspecified atom stereocenters. The fourth-order valence-electron chi connectivity index (χ4n) is 5.40. The third-order valence-electron chi connectivity index (χ3n) is 7.94. The maximum atomic E-state index is 13.6. The van der Waals surface area contributed by atoms with Gasteiger partial charge in [0.25, 0.3) is 5.91 Å². The molecule has 48 heavy (non-hydrogen) atoms. The van der Waals surface area contributed by atoms with Gasteiger partial charge in [-0.2, -0.15) is 0 Å². The van der Waals surface area contributed by atoms with E-state index in [4.69, 9.17) is 9.47 Å². The van der Waals surface area contributed by atoms with E-state index in [1.54, 1.807) is 35.2 Å². The van der Waals surface area contributed by atoms with Gasteiger partial charge >= 0.3 is 0 Å². The van der Waals surface area contributed by atoms with Gasteiger partial charge in [0, 0.05) is 30.4 Å². The number of nitrogens with one attached hydrogen (secondary N) is 3. The molecule has 0 spiro atoms. The summed E-state index contributed by atoms with van der Waals surface area (Å²) in [6.07, 6.45) is 3.80. The number of aliphatic imine (C=N–C) groups is 1. The molecule has 0 saturated heterocycles. The number of para-hydroxylation sites is 1. The highest BCUT2D eigenvalue weighted by atomic mass is 16.5. The van der Waals surface area contributed by atoms with Gasteiger partial charge in [-0.05, 0) is 73.5 Å².